The Balaban J connectivity index is 1.60. The predicted octanol–water partition coefficient (Wildman–Crippen LogP) is 5.09. The first-order valence-electron chi connectivity index (χ1n) is 14.8. The van der Waals surface area contributed by atoms with Crippen LogP contribution < -0.4 is 29.1 Å². The standard InChI is InChI=1S/C35H37N3O5S/c1-6-37(7-2)34(40)31-23(4)36-35-38(32(31)26-16-12-13-17-27(26)41-5)33(39)30(44-35)21-25-18-19-28(29(20-25)42-8-3)43-22-24-14-10-9-11-15-24/h9-21,32H,6-8,22H2,1-5H3/b30-21+/t32-/m1/s1. The molecule has 0 saturated carbocycles. The summed E-state index contributed by atoms with van der Waals surface area (Å²) in [6, 6.07) is 22.4. The Labute approximate surface area is 261 Å². The monoisotopic (exact) mass is 611 g/mol. The molecule has 4 aromatic rings. The van der Waals surface area contributed by atoms with Gasteiger partial charge in [-0.3, -0.25) is 14.2 Å². The van der Waals surface area contributed by atoms with Crippen molar-refractivity contribution in [2.45, 2.75) is 40.3 Å². The normalized spacial score (nSPS) is 14.6. The molecule has 0 radical (unpaired) electrons. The van der Waals surface area contributed by atoms with Crippen LogP contribution in [-0.2, 0) is 11.4 Å². The average molecular weight is 612 g/mol. The number of para-hydroxylation sites is 1. The number of benzene rings is 3. The molecule has 3 aromatic carbocycles. The topological polar surface area (TPSA) is 82.4 Å². The van der Waals surface area contributed by atoms with Gasteiger partial charge >= 0.3 is 0 Å². The minimum Gasteiger partial charge on any atom is -0.496 e. The minimum absolute atomic E-state index is 0.145. The number of thiazole rings is 1. The summed E-state index contributed by atoms with van der Waals surface area (Å²) < 4.78 is 19.8. The Bertz CT molecular complexity index is 1860. The molecule has 0 N–H and O–H groups in total. The van der Waals surface area contributed by atoms with E-state index >= 15 is 0 Å². The van der Waals surface area contributed by atoms with Crippen molar-refractivity contribution < 1.29 is 19.0 Å². The predicted molar refractivity (Wildman–Crippen MR) is 173 cm³/mol. The lowest BCUT2D eigenvalue weighted by atomic mass is 9.94. The number of nitrogens with zero attached hydrogens (tertiary/aromatic N) is 3. The molecule has 0 fully saturated rings. The molecule has 2 heterocycles. The zero-order chi connectivity index (χ0) is 31.2. The van der Waals surface area contributed by atoms with Crippen molar-refractivity contribution in [3.05, 3.63) is 120 Å². The number of likely N-dealkylation sites (N-methyl/N-ethyl adjacent to an activating group) is 1. The van der Waals surface area contributed by atoms with Gasteiger partial charge in [-0.15, -0.1) is 0 Å². The molecule has 0 aliphatic carbocycles. The van der Waals surface area contributed by atoms with E-state index in [-0.39, 0.29) is 11.5 Å². The van der Waals surface area contributed by atoms with Crippen LogP contribution in [0, 0.1) is 0 Å². The summed E-state index contributed by atoms with van der Waals surface area (Å²) in [4.78, 5) is 35.1. The van der Waals surface area contributed by atoms with Crippen molar-refractivity contribution in [2.75, 3.05) is 26.8 Å². The average Bonchev–Trinajstić information content (AvgIpc) is 3.34. The van der Waals surface area contributed by atoms with Crippen LogP contribution in [0.1, 0.15) is 50.4 Å². The van der Waals surface area contributed by atoms with Gasteiger partial charge in [0, 0.05) is 18.7 Å². The van der Waals surface area contributed by atoms with Crippen LogP contribution in [0.3, 0.4) is 0 Å². The quantitative estimate of drug-likeness (QED) is 0.236. The molecule has 0 unspecified atom stereocenters. The molecule has 0 saturated heterocycles. The number of methoxy groups -OCH3 is 1. The van der Waals surface area contributed by atoms with Crippen LogP contribution in [0.15, 0.2) is 93.9 Å². The van der Waals surface area contributed by atoms with Crippen LogP contribution in [0.4, 0.5) is 0 Å². The number of carbonyl (C=O) groups excluding carboxylic acids is 1. The van der Waals surface area contributed by atoms with Gasteiger partial charge in [0.05, 0.1) is 29.5 Å². The lowest BCUT2D eigenvalue weighted by Crippen LogP contribution is -2.43. The molecule has 9 heteroatoms. The number of hydrogen-bond donors (Lipinski definition) is 0. The molecule has 228 valence electrons. The van der Waals surface area contributed by atoms with Crippen LogP contribution >= 0.6 is 11.3 Å². The number of fused-ring (bicyclic) bond motifs is 1. The number of carbonyl (C=O) groups is 1. The lowest BCUT2D eigenvalue weighted by Gasteiger charge is -2.29. The van der Waals surface area contributed by atoms with E-state index in [9.17, 15) is 9.59 Å². The molecule has 8 nitrogen and oxygen atoms in total. The van der Waals surface area contributed by atoms with Crippen LogP contribution in [-0.4, -0.2) is 42.2 Å². The molecule has 0 spiro atoms. The number of allylic oxidation sites excluding steroid dienone is 1. The van der Waals surface area contributed by atoms with Gasteiger partial charge in [0.1, 0.15) is 18.4 Å². The summed E-state index contributed by atoms with van der Waals surface area (Å²) in [6.45, 7) is 9.61. The summed E-state index contributed by atoms with van der Waals surface area (Å²) in [7, 11) is 1.59. The zero-order valence-electron chi connectivity index (χ0n) is 25.7. The fraction of sp³-hybridized carbons (Fsp3) is 0.286. The highest BCUT2D eigenvalue weighted by atomic mass is 32.1. The van der Waals surface area contributed by atoms with Gasteiger partial charge < -0.3 is 19.1 Å². The summed E-state index contributed by atoms with van der Waals surface area (Å²) in [5.41, 5.74) is 3.39. The number of amides is 1. The summed E-state index contributed by atoms with van der Waals surface area (Å²) in [5.74, 6) is 1.67. The van der Waals surface area contributed by atoms with Gasteiger partial charge in [-0.1, -0.05) is 65.9 Å². The van der Waals surface area contributed by atoms with Crippen LogP contribution in [0.2, 0.25) is 0 Å². The number of ether oxygens (including phenoxy) is 3. The summed E-state index contributed by atoms with van der Waals surface area (Å²) >= 11 is 1.29. The van der Waals surface area contributed by atoms with Crippen molar-refractivity contribution >= 4 is 23.3 Å². The van der Waals surface area contributed by atoms with E-state index in [1.54, 1.807) is 16.6 Å². The number of hydrogen-bond acceptors (Lipinski definition) is 7. The van der Waals surface area contributed by atoms with Gasteiger partial charge in [0.2, 0.25) is 0 Å². The summed E-state index contributed by atoms with van der Waals surface area (Å²) in [6.07, 6.45) is 1.83. The Morgan fingerprint density at radius 1 is 0.955 bits per heavy atom. The van der Waals surface area contributed by atoms with E-state index in [2.05, 4.69) is 0 Å². The van der Waals surface area contributed by atoms with Gasteiger partial charge in [0.15, 0.2) is 16.3 Å². The fourth-order valence-electron chi connectivity index (χ4n) is 5.35. The van der Waals surface area contributed by atoms with E-state index in [1.807, 2.05) is 107 Å². The number of rotatable bonds is 11. The maximum absolute atomic E-state index is 14.2. The van der Waals surface area contributed by atoms with E-state index in [0.717, 1.165) is 16.7 Å². The van der Waals surface area contributed by atoms with Crippen LogP contribution in [0.5, 0.6) is 17.2 Å². The van der Waals surface area contributed by atoms with Crippen LogP contribution in [0.25, 0.3) is 6.08 Å². The molecule has 5 rings (SSSR count). The highest BCUT2D eigenvalue weighted by Gasteiger charge is 2.35. The minimum atomic E-state index is -0.689. The second-order valence-electron chi connectivity index (χ2n) is 10.2. The maximum Gasteiger partial charge on any atom is 0.271 e. The second-order valence-corrected chi connectivity index (χ2v) is 11.2. The first-order valence-corrected chi connectivity index (χ1v) is 15.6. The lowest BCUT2D eigenvalue weighted by molar-refractivity contribution is -0.127. The molecule has 1 atom stereocenters. The largest absolute Gasteiger partial charge is 0.496 e. The second kappa shape index (κ2) is 13.8. The molecule has 1 amide bonds. The highest BCUT2D eigenvalue weighted by Crippen LogP contribution is 2.36. The van der Waals surface area contributed by atoms with E-state index in [4.69, 9.17) is 19.2 Å². The Morgan fingerprint density at radius 3 is 2.39 bits per heavy atom. The van der Waals surface area contributed by atoms with Crippen molar-refractivity contribution in [1.82, 2.24) is 9.47 Å². The van der Waals surface area contributed by atoms with Gasteiger partial charge in [0.25, 0.3) is 11.5 Å². The van der Waals surface area contributed by atoms with Crippen molar-refractivity contribution in [3.8, 4) is 17.2 Å². The first kappa shape index (κ1) is 30.8. The molecule has 44 heavy (non-hydrogen) atoms. The van der Waals surface area contributed by atoms with Gasteiger partial charge in [-0.05, 0) is 63.1 Å². The molecule has 1 aliphatic heterocycles. The Hall–Kier alpha value is -4.63. The Morgan fingerprint density at radius 2 is 1.68 bits per heavy atom. The fourth-order valence-corrected chi connectivity index (χ4v) is 6.40. The highest BCUT2D eigenvalue weighted by molar-refractivity contribution is 7.07. The van der Waals surface area contributed by atoms with Crippen molar-refractivity contribution in [1.29, 1.82) is 0 Å². The third-order valence-corrected chi connectivity index (χ3v) is 8.52. The summed E-state index contributed by atoms with van der Waals surface area (Å²) in [5, 5.41) is 0. The van der Waals surface area contributed by atoms with E-state index in [1.165, 1.54) is 11.3 Å². The number of aromatic nitrogens is 1. The third kappa shape index (κ3) is 6.19. The van der Waals surface area contributed by atoms with E-state index < -0.39 is 6.04 Å². The van der Waals surface area contributed by atoms with Crippen molar-refractivity contribution in [3.63, 3.8) is 0 Å². The zero-order valence-corrected chi connectivity index (χ0v) is 26.5. The third-order valence-electron chi connectivity index (χ3n) is 7.54. The first-order chi connectivity index (χ1) is 21.4. The SMILES string of the molecule is CCOc1cc(/C=c2/sc3n(c2=O)[C@H](c2ccccc2OC)C(C(=O)N(CC)CC)=C(C)N=3)ccc1OCc1ccccc1. The smallest absolute Gasteiger partial charge is 0.271 e. The molecule has 0 bridgehead atoms. The molecular formula is C35H37N3O5S. The Kier molecular flexibility index (Phi) is 9.65. The van der Waals surface area contributed by atoms with E-state index in [0.29, 0.717) is 64.2 Å². The van der Waals surface area contributed by atoms with Crippen molar-refractivity contribution in [2.24, 2.45) is 4.99 Å². The molecular weight excluding hydrogens is 574 g/mol. The maximum atomic E-state index is 14.2. The van der Waals surface area contributed by atoms with Gasteiger partial charge in [-0.2, -0.15) is 0 Å². The molecule has 1 aliphatic rings. The van der Waals surface area contributed by atoms with Gasteiger partial charge in [-0.25, -0.2) is 4.99 Å². The molecule has 1 aromatic heterocycles.